The van der Waals surface area contributed by atoms with Crippen molar-refractivity contribution in [2.45, 2.75) is 37.0 Å². The van der Waals surface area contributed by atoms with Gasteiger partial charge < -0.3 is 20.1 Å². The molecule has 28 heavy (non-hydrogen) atoms. The second kappa shape index (κ2) is 7.84. The Morgan fingerprint density at radius 1 is 1.14 bits per heavy atom. The van der Waals surface area contributed by atoms with Crippen LogP contribution in [0.5, 0.6) is 0 Å². The molecule has 0 bridgehead atoms. The number of hydrogen-bond donors (Lipinski definition) is 3. The van der Waals surface area contributed by atoms with E-state index in [9.17, 15) is 33.7 Å². The van der Waals surface area contributed by atoms with Gasteiger partial charge in [-0.3, -0.25) is 13.9 Å². The van der Waals surface area contributed by atoms with Crippen molar-refractivity contribution >= 4 is 15.9 Å². The predicted molar refractivity (Wildman–Crippen MR) is 96.0 cm³/mol. The lowest BCUT2D eigenvalue weighted by Gasteiger charge is -2.22. The number of aliphatic hydroxyl groups is 3. The quantitative estimate of drug-likeness (QED) is 0.583. The first-order chi connectivity index (χ1) is 13.2. The van der Waals surface area contributed by atoms with Crippen molar-refractivity contribution in [3.05, 3.63) is 67.4 Å². The van der Waals surface area contributed by atoms with Crippen molar-refractivity contribution in [1.82, 2.24) is 9.13 Å². The molecule has 1 saturated heterocycles. The Morgan fingerprint density at radius 3 is 2.36 bits per heavy atom. The molecule has 3 N–H and O–H groups in total. The zero-order chi connectivity index (χ0) is 20.6. The van der Waals surface area contributed by atoms with Crippen molar-refractivity contribution in [2.24, 2.45) is 0 Å². The third kappa shape index (κ3) is 3.67. The Balaban J connectivity index is 2.04. The third-order valence-corrected chi connectivity index (χ3v) is 5.04. The maximum Gasteiger partial charge on any atom is 0.333 e. The molecule has 0 radical (unpaired) electrons. The second-order valence-electron chi connectivity index (χ2n) is 6.36. The number of halogens is 3. The fraction of sp³-hybridized carbons (Fsp3) is 0.412. The van der Waals surface area contributed by atoms with Gasteiger partial charge in [-0.05, 0) is 15.9 Å². The molecule has 1 aliphatic heterocycles. The lowest BCUT2D eigenvalue weighted by Crippen LogP contribution is -2.46. The van der Waals surface area contributed by atoms with Crippen molar-refractivity contribution < 1.29 is 28.8 Å². The highest BCUT2D eigenvalue weighted by Crippen LogP contribution is 2.30. The highest BCUT2D eigenvalue weighted by atomic mass is 79.9. The highest BCUT2D eigenvalue weighted by molar-refractivity contribution is 9.10. The number of benzene rings is 1. The monoisotopic (exact) mass is 462 g/mol. The minimum Gasteiger partial charge on any atom is -0.394 e. The van der Waals surface area contributed by atoms with Crippen molar-refractivity contribution in [3.8, 4) is 0 Å². The first kappa shape index (κ1) is 20.8. The maximum atomic E-state index is 14.6. The van der Waals surface area contributed by atoms with Gasteiger partial charge in [-0.2, -0.15) is 8.78 Å². The molecule has 0 spiro atoms. The van der Waals surface area contributed by atoms with E-state index in [1.807, 2.05) is 0 Å². The van der Waals surface area contributed by atoms with E-state index in [4.69, 9.17) is 4.74 Å². The lowest BCUT2D eigenvalue weighted by atomic mass is 10.1. The van der Waals surface area contributed by atoms with E-state index >= 15 is 0 Å². The van der Waals surface area contributed by atoms with Crippen LogP contribution < -0.4 is 11.2 Å². The van der Waals surface area contributed by atoms with E-state index < -0.39 is 54.9 Å². The Hall–Kier alpha value is -1.92. The second-order valence-corrected chi connectivity index (χ2v) is 7.21. The summed E-state index contributed by atoms with van der Waals surface area (Å²) in [6, 6.07) is 6.72. The fourth-order valence-corrected chi connectivity index (χ4v) is 3.43. The number of aromatic nitrogens is 2. The summed E-state index contributed by atoms with van der Waals surface area (Å²) in [6.45, 7) is -1.86. The topological polar surface area (TPSA) is 114 Å². The molecule has 11 heteroatoms. The van der Waals surface area contributed by atoms with Crippen LogP contribution in [0.1, 0.15) is 11.8 Å². The van der Waals surface area contributed by atoms with Crippen molar-refractivity contribution in [3.63, 3.8) is 0 Å². The minimum atomic E-state index is -3.52. The van der Waals surface area contributed by atoms with Crippen LogP contribution in [0.25, 0.3) is 0 Å². The summed E-state index contributed by atoms with van der Waals surface area (Å²) >= 11 is 2.92. The molecule has 0 saturated carbocycles. The molecule has 152 valence electrons. The van der Waals surface area contributed by atoms with Gasteiger partial charge in [0.1, 0.15) is 18.3 Å². The van der Waals surface area contributed by atoms with Gasteiger partial charge in [-0.1, -0.05) is 30.3 Å². The molecule has 0 aliphatic carbocycles. The van der Waals surface area contributed by atoms with Crippen molar-refractivity contribution in [2.75, 3.05) is 6.61 Å². The summed E-state index contributed by atoms with van der Waals surface area (Å²) < 4.78 is 35.3. The summed E-state index contributed by atoms with van der Waals surface area (Å²) in [5.41, 5.74) is -2.51. The molecule has 1 fully saturated rings. The molecule has 1 aromatic carbocycles. The van der Waals surface area contributed by atoms with E-state index in [0.717, 1.165) is 10.8 Å². The predicted octanol–water partition coefficient (Wildman–Crippen LogP) is 0.176. The fourth-order valence-electron chi connectivity index (χ4n) is 2.99. The van der Waals surface area contributed by atoms with Gasteiger partial charge in [0.2, 0.25) is 0 Å². The van der Waals surface area contributed by atoms with E-state index in [0.29, 0.717) is 4.57 Å². The SMILES string of the molecule is O=c1c(Br)cn([C@@H]2O[C@H](CO)[C@@H](O)[C@H]2O)c(=O)n1CC(F)(F)c1ccccc1. The van der Waals surface area contributed by atoms with Crippen LogP contribution in [0.2, 0.25) is 0 Å². The zero-order valence-electron chi connectivity index (χ0n) is 14.3. The van der Waals surface area contributed by atoms with Crippen LogP contribution in [0.4, 0.5) is 8.78 Å². The number of ether oxygens (including phenoxy) is 1. The van der Waals surface area contributed by atoms with Gasteiger partial charge in [0, 0.05) is 11.8 Å². The number of aliphatic hydroxyl groups excluding tert-OH is 3. The number of alkyl halides is 2. The van der Waals surface area contributed by atoms with E-state index in [1.54, 1.807) is 6.07 Å². The molecule has 0 amide bonds. The molecule has 4 atom stereocenters. The molecule has 2 aromatic rings. The Bertz CT molecular complexity index is 964. The van der Waals surface area contributed by atoms with Gasteiger partial charge in [-0.25, -0.2) is 4.79 Å². The van der Waals surface area contributed by atoms with Gasteiger partial charge in [-0.15, -0.1) is 0 Å². The largest absolute Gasteiger partial charge is 0.394 e. The number of rotatable bonds is 5. The summed E-state index contributed by atoms with van der Waals surface area (Å²) in [6.07, 6.45) is -4.75. The van der Waals surface area contributed by atoms with Gasteiger partial charge >= 0.3 is 5.69 Å². The van der Waals surface area contributed by atoms with Gasteiger partial charge in [0.05, 0.1) is 17.6 Å². The minimum absolute atomic E-state index is 0.214. The van der Waals surface area contributed by atoms with Crippen LogP contribution in [-0.4, -0.2) is 49.4 Å². The van der Waals surface area contributed by atoms with Crippen LogP contribution >= 0.6 is 15.9 Å². The van der Waals surface area contributed by atoms with Gasteiger partial charge in [0.25, 0.3) is 11.5 Å². The standard InChI is InChI=1S/C17H17BrF2N2O6/c18-10-6-21(15-13(25)12(24)11(7-23)28-15)16(27)22(14(10)26)8-17(19,20)9-4-2-1-3-5-9/h1-6,11-13,15,23-25H,7-8H2/t11-,12-,13-,15-/m1/s1. The Morgan fingerprint density at radius 2 is 1.79 bits per heavy atom. The molecular formula is C17H17BrF2N2O6. The molecule has 1 aromatic heterocycles. The molecule has 8 nitrogen and oxygen atoms in total. The van der Waals surface area contributed by atoms with Crippen LogP contribution in [0.3, 0.4) is 0 Å². The first-order valence-corrected chi connectivity index (χ1v) is 9.04. The van der Waals surface area contributed by atoms with E-state index in [2.05, 4.69) is 15.9 Å². The Kier molecular flexibility index (Phi) is 5.82. The maximum absolute atomic E-state index is 14.6. The van der Waals surface area contributed by atoms with Crippen LogP contribution in [0, 0.1) is 0 Å². The molecule has 1 aliphatic rings. The average Bonchev–Trinajstić information content (AvgIpc) is 2.97. The van der Waals surface area contributed by atoms with Crippen LogP contribution in [-0.2, 0) is 17.2 Å². The van der Waals surface area contributed by atoms with Gasteiger partial charge in [0.15, 0.2) is 6.23 Å². The number of nitrogens with zero attached hydrogens (tertiary/aromatic N) is 2. The van der Waals surface area contributed by atoms with E-state index in [-0.39, 0.29) is 10.0 Å². The zero-order valence-corrected chi connectivity index (χ0v) is 15.9. The Labute approximate surface area is 165 Å². The van der Waals surface area contributed by atoms with Crippen LogP contribution in [0.15, 0.2) is 50.6 Å². The highest BCUT2D eigenvalue weighted by Gasteiger charge is 2.44. The lowest BCUT2D eigenvalue weighted by molar-refractivity contribution is -0.0578. The first-order valence-electron chi connectivity index (χ1n) is 8.24. The molecule has 2 heterocycles. The molecule has 3 rings (SSSR count). The smallest absolute Gasteiger partial charge is 0.333 e. The normalized spacial score (nSPS) is 25.2. The molecule has 0 unspecified atom stereocenters. The van der Waals surface area contributed by atoms with Crippen molar-refractivity contribution in [1.29, 1.82) is 0 Å². The third-order valence-electron chi connectivity index (χ3n) is 4.50. The number of hydrogen-bond acceptors (Lipinski definition) is 6. The molecular weight excluding hydrogens is 446 g/mol. The summed E-state index contributed by atoms with van der Waals surface area (Å²) in [5, 5.41) is 29.1. The summed E-state index contributed by atoms with van der Waals surface area (Å²) in [4.78, 5) is 25.0. The average molecular weight is 463 g/mol. The summed E-state index contributed by atoms with van der Waals surface area (Å²) in [7, 11) is 0. The van der Waals surface area contributed by atoms with E-state index in [1.165, 1.54) is 24.3 Å². The summed E-state index contributed by atoms with van der Waals surface area (Å²) in [5.74, 6) is -3.52.